The Balaban J connectivity index is 1.77. The Morgan fingerprint density at radius 3 is 2.92 bits per heavy atom. The molecule has 0 radical (unpaired) electrons. The van der Waals surface area contributed by atoms with Crippen LogP contribution in [0.2, 0.25) is 0 Å². The van der Waals surface area contributed by atoms with Crippen LogP contribution in [0.3, 0.4) is 0 Å². The van der Waals surface area contributed by atoms with Gasteiger partial charge in [-0.15, -0.1) is 0 Å². The number of esters is 1. The molecule has 26 heavy (non-hydrogen) atoms. The number of nitro groups is 1. The lowest BCUT2D eigenvalue weighted by Crippen LogP contribution is -2.34. The first-order chi connectivity index (χ1) is 12.4. The molecule has 1 aliphatic rings. The van der Waals surface area contributed by atoms with Gasteiger partial charge in [0.2, 0.25) is 0 Å². The molecule has 1 atom stereocenters. The van der Waals surface area contributed by atoms with E-state index in [1.54, 1.807) is 25.1 Å². The molecular weight excluding hydrogens is 338 g/mol. The van der Waals surface area contributed by atoms with Crippen LogP contribution in [0, 0.1) is 23.0 Å². The summed E-state index contributed by atoms with van der Waals surface area (Å²) in [6.45, 7) is 5.38. The predicted octanol–water partition coefficient (Wildman–Crippen LogP) is 3.48. The summed E-state index contributed by atoms with van der Waals surface area (Å²) >= 11 is 0. The molecular formula is C18H21N3O5. The largest absolute Gasteiger partial charge is 0.455 e. The van der Waals surface area contributed by atoms with Crippen LogP contribution < -0.4 is 4.90 Å². The van der Waals surface area contributed by atoms with Crippen molar-refractivity contribution in [2.75, 3.05) is 18.0 Å². The van der Waals surface area contributed by atoms with E-state index in [1.807, 2.05) is 4.90 Å². The van der Waals surface area contributed by atoms with Crippen molar-refractivity contribution in [3.05, 3.63) is 51.4 Å². The highest BCUT2D eigenvalue weighted by atomic mass is 16.6. The fourth-order valence-electron chi connectivity index (χ4n) is 3.18. The lowest BCUT2D eigenvalue weighted by molar-refractivity contribution is -0.384. The topological polar surface area (TPSA) is 98.7 Å². The second-order valence-electron chi connectivity index (χ2n) is 6.66. The Hall–Kier alpha value is -2.90. The maximum Gasteiger partial charge on any atom is 0.338 e. The maximum atomic E-state index is 12.2. The van der Waals surface area contributed by atoms with Gasteiger partial charge >= 0.3 is 5.97 Å². The third kappa shape index (κ3) is 4.01. The standard InChI is InChI=1S/C18H21N3O5/c1-12-4-3-7-20(10-12)16-6-5-14(9-17(16)21(23)24)18(22)25-11-15-8-13(2)26-19-15/h5-6,8-9,12H,3-4,7,10-11H2,1-2H3/t12-/m0/s1. The van der Waals surface area contributed by atoms with Gasteiger partial charge in [0.15, 0.2) is 0 Å². The zero-order valence-corrected chi connectivity index (χ0v) is 14.8. The quantitative estimate of drug-likeness (QED) is 0.458. The van der Waals surface area contributed by atoms with Crippen LogP contribution in [-0.4, -0.2) is 29.1 Å². The number of hydrogen-bond acceptors (Lipinski definition) is 7. The van der Waals surface area contributed by atoms with Crippen LogP contribution in [0.5, 0.6) is 0 Å². The summed E-state index contributed by atoms with van der Waals surface area (Å²) in [6, 6.07) is 6.15. The summed E-state index contributed by atoms with van der Waals surface area (Å²) in [7, 11) is 0. The first kappa shape index (κ1) is 17.9. The number of piperidine rings is 1. The monoisotopic (exact) mass is 359 g/mol. The van der Waals surface area contributed by atoms with E-state index in [4.69, 9.17) is 9.26 Å². The zero-order chi connectivity index (χ0) is 18.7. The summed E-state index contributed by atoms with van der Waals surface area (Å²) < 4.78 is 10.1. The molecule has 0 saturated carbocycles. The van der Waals surface area contributed by atoms with E-state index < -0.39 is 10.9 Å². The molecule has 1 aromatic carbocycles. The van der Waals surface area contributed by atoms with Gasteiger partial charge in [0.25, 0.3) is 5.69 Å². The van der Waals surface area contributed by atoms with E-state index in [-0.39, 0.29) is 17.9 Å². The number of hydrogen-bond donors (Lipinski definition) is 0. The average molecular weight is 359 g/mol. The first-order valence-corrected chi connectivity index (χ1v) is 8.56. The van der Waals surface area contributed by atoms with Crippen molar-refractivity contribution >= 4 is 17.3 Å². The van der Waals surface area contributed by atoms with E-state index in [1.165, 1.54) is 6.07 Å². The van der Waals surface area contributed by atoms with Crippen molar-refractivity contribution in [1.82, 2.24) is 5.16 Å². The molecule has 1 aliphatic heterocycles. The molecule has 0 bridgehead atoms. The van der Waals surface area contributed by atoms with Crippen LogP contribution in [-0.2, 0) is 11.3 Å². The van der Waals surface area contributed by atoms with Gasteiger partial charge < -0.3 is 14.2 Å². The van der Waals surface area contributed by atoms with E-state index in [2.05, 4.69) is 12.1 Å². The van der Waals surface area contributed by atoms with Crippen molar-refractivity contribution in [3.63, 3.8) is 0 Å². The smallest absolute Gasteiger partial charge is 0.338 e. The second kappa shape index (κ2) is 7.55. The summed E-state index contributed by atoms with van der Waals surface area (Å²) in [5.74, 6) is 0.470. The van der Waals surface area contributed by atoms with Gasteiger partial charge in [-0.25, -0.2) is 4.79 Å². The summed E-state index contributed by atoms with van der Waals surface area (Å²) in [6.07, 6.45) is 2.12. The van der Waals surface area contributed by atoms with Crippen molar-refractivity contribution in [2.45, 2.75) is 33.3 Å². The molecule has 0 spiro atoms. The minimum Gasteiger partial charge on any atom is -0.455 e. The van der Waals surface area contributed by atoms with Crippen LogP contribution in [0.4, 0.5) is 11.4 Å². The number of benzene rings is 1. The number of carbonyl (C=O) groups excluding carboxylic acids is 1. The lowest BCUT2D eigenvalue weighted by atomic mass is 9.99. The number of carbonyl (C=O) groups is 1. The maximum absolute atomic E-state index is 12.2. The molecule has 0 unspecified atom stereocenters. The molecule has 0 N–H and O–H groups in total. The fourth-order valence-corrected chi connectivity index (χ4v) is 3.18. The van der Waals surface area contributed by atoms with E-state index >= 15 is 0 Å². The number of aryl methyl sites for hydroxylation is 1. The summed E-state index contributed by atoms with van der Waals surface area (Å²) in [5.41, 5.74) is 1.10. The molecule has 1 aromatic heterocycles. The highest BCUT2D eigenvalue weighted by Gasteiger charge is 2.25. The van der Waals surface area contributed by atoms with Crippen LogP contribution in [0.1, 0.15) is 41.6 Å². The molecule has 1 fully saturated rings. The lowest BCUT2D eigenvalue weighted by Gasteiger charge is -2.32. The molecule has 0 aliphatic carbocycles. The Bertz CT molecular complexity index is 817. The highest BCUT2D eigenvalue weighted by molar-refractivity contribution is 5.91. The number of anilines is 1. The Morgan fingerprint density at radius 1 is 1.46 bits per heavy atom. The molecule has 138 valence electrons. The van der Waals surface area contributed by atoms with Crippen molar-refractivity contribution in [1.29, 1.82) is 0 Å². The third-order valence-corrected chi connectivity index (χ3v) is 4.43. The minimum atomic E-state index is -0.632. The van der Waals surface area contributed by atoms with Gasteiger partial charge in [0.05, 0.1) is 10.5 Å². The number of aromatic nitrogens is 1. The molecule has 0 amide bonds. The zero-order valence-electron chi connectivity index (χ0n) is 14.8. The summed E-state index contributed by atoms with van der Waals surface area (Å²) in [4.78, 5) is 25.3. The van der Waals surface area contributed by atoms with Crippen molar-refractivity contribution in [3.8, 4) is 0 Å². The Kier molecular flexibility index (Phi) is 5.20. The Labute approximate surface area is 150 Å². The minimum absolute atomic E-state index is 0.0463. The van der Waals surface area contributed by atoms with Gasteiger partial charge in [0, 0.05) is 25.2 Å². The normalized spacial score (nSPS) is 17.2. The number of ether oxygens (including phenoxy) is 1. The van der Waals surface area contributed by atoms with E-state index in [9.17, 15) is 14.9 Å². The van der Waals surface area contributed by atoms with E-state index in [0.717, 1.165) is 25.9 Å². The van der Waals surface area contributed by atoms with Gasteiger partial charge in [-0.05, 0) is 37.8 Å². The van der Waals surface area contributed by atoms with Crippen LogP contribution in [0.25, 0.3) is 0 Å². The number of rotatable bonds is 5. The molecule has 3 rings (SSSR count). The predicted molar refractivity (Wildman–Crippen MR) is 94.1 cm³/mol. The third-order valence-electron chi connectivity index (χ3n) is 4.43. The number of nitro benzene ring substituents is 1. The first-order valence-electron chi connectivity index (χ1n) is 8.56. The molecule has 8 heteroatoms. The molecule has 8 nitrogen and oxygen atoms in total. The SMILES string of the molecule is Cc1cc(COC(=O)c2ccc(N3CCC[C@H](C)C3)c([N+](=O)[O-])c2)no1. The van der Waals surface area contributed by atoms with Crippen LogP contribution >= 0.6 is 0 Å². The van der Waals surface area contributed by atoms with Crippen LogP contribution in [0.15, 0.2) is 28.8 Å². The second-order valence-corrected chi connectivity index (χ2v) is 6.66. The van der Waals surface area contributed by atoms with Gasteiger partial charge in [0.1, 0.15) is 23.7 Å². The average Bonchev–Trinajstić information content (AvgIpc) is 3.04. The van der Waals surface area contributed by atoms with Crippen molar-refractivity contribution < 1.29 is 19.0 Å². The molecule has 2 heterocycles. The Morgan fingerprint density at radius 2 is 2.27 bits per heavy atom. The van der Waals surface area contributed by atoms with Gasteiger partial charge in [-0.3, -0.25) is 10.1 Å². The van der Waals surface area contributed by atoms with E-state index in [0.29, 0.717) is 23.1 Å². The summed E-state index contributed by atoms with van der Waals surface area (Å²) in [5, 5.41) is 15.2. The molecule has 1 saturated heterocycles. The van der Waals surface area contributed by atoms with Crippen molar-refractivity contribution in [2.24, 2.45) is 5.92 Å². The van der Waals surface area contributed by atoms with Gasteiger partial charge in [-0.2, -0.15) is 0 Å². The highest BCUT2D eigenvalue weighted by Crippen LogP contribution is 2.32. The van der Waals surface area contributed by atoms with Gasteiger partial charge in [-0.1, -0.05) is 12.1 Å². The molecule has 2 aromatic rings. The fraction of sp³-hybridized carbons (Fsp3) is 0.444. The number of nitrogens with zero attached hydrogens (tertiary/aromatic N) is 3.